The third-order valence-corrected chi connectivity index (χ3v) is 7.66. The number of fused-ring (bicyclic) bond motifs is 1. The Bertz CT molecular complexity index is 869. The summed E-state index contributed by atoms with van der Waals surface area (Å²) in [5, 5.41) is 8.57. The van der Waals surface area contributed by atoms with Crippen molar-refractivity contribution in [2.24, 2.45) is 28.6 Å². The van der Waals surface area contributed by atoms with Gasteiger partial charge in [0.1, 0.15) is 12.1 Å². The Morgan fingerprint density at radius 1 is 1.27 bits per heavy atom. The molecule has 3 N–H and O–H groups in total. The van der Waals surface area contributed by atoms with Gasteiger partial charge in [-0.05, 0) is 41.9 Å². The molecule has 2 saturated heterocycles. The molecule has 1 saturated carbocycles. The first kappa shape index (κ1) is 25.1. The molecule has 2 heterocycles. The first-order chi connectivity index (χ1) is 15.3. The summed E-state index contributed by atoms with van der Waals surface area (Å²) in [4.78, 5) is 52.6. The van der Waals surface area contributed by atoms with Crippen LogP contribution in [0.1, 0.15) is 60.8 Å². The largest absolute Gasteiger partial charge is 0.356 e. The van der Waals surface area contributed by atoms with E-state index in [1.807, 2.05) is 20.8 Å². The van der Waals surface area contributed by atoms with Gasteiger partial charge in [-0.3, -0.25) is 19.2 Å². The minimum Gasteiger partial charge on any atom is -0.356 e. The lowest BCUT2D eigenvalue weighted by molar-refractivity contribution is -0.145. The van der Waals surface area contributed by atoms with Crippen LogP contribution in [-0.4, -0.2) is 59.7 Å². The maximum absolute atomic E-state index is 13.6. The van der Waals surface area contributed by atoms with Crippen molar-refractivity contribution in [1.82, 2.24) is 20.9 Å². The van der Waals surface area contributed by atoms with Crippen LogP contribution in [0.15, 0.2) is 0 Å². The van der Waals surface area contributed by atoms with Crippen LogP contribution in [0.5, 0.6) is 0 Å². The Kier molecular flexibility index (Phi) is 6.84. The number of terminal acetylenes is 1. The second-order valence-electron chi connectivity index (χ2n) is 11.5. The molecule has 8 nitrogen and oxygen atoms in total. The zero-order chi connectivity index (χ0) is 24.7. The molecule has 6 atom stereocenters. The highest BCUT2D eigenvalue weighted by molar-refractivity contribution is 5.94. The van der Waals surface area contributed by atoms with Gasteiger partial charge in [0, 0.05) is 25.9 Å². The van der Waals surface area contributed by atoms with E-state index in [4.69, 9.17) is 6.42 Å². The molecule has 0 radical (unpaired) electrons. The highest BCUT2D eigenvalue weighted by Gasteiger charge is 2.69. The monoisotopic (exact) mass is 458 g/mol. The van der Waals surface area contributed by atoms with Crippen molar-refractivity contribution >= 4 is 23.6 Å². The van der Waals surface area contributed by atoms with Gasteiger partial charge in [0.25, 0.3) is 0 Å². The van der Waals surface area contributed by atoms with Crippen LogP contribution < -0.4 is 16.0 Å². The van der Waals surface area contributed by atoms with Crippen LogP contribution in [0.25, 0.3) is 0 Å². The van der Waals surface area contributed by atoms with Crippen molar-refractivity contribution in [2.75, 3.05) is 13.1 Å². The third-order valence-electron chi connectivity index (χ3n) is 7.66. The summed E-state index contributed by atoms with van der Waals surface area (Å²) in [6.45, 7) is 12.4. The van der Waals surface area contributed by atoms with E-state index in [2.05, 4.69) is 35.7 Å². The summed E-state index contributed by atoms with van der Waals surface area (Å²) in [6, 6.07) is -1.97. The van der Waals surface area contributed by atoms with Gasteiger partial charge in [0.2, 0.25) is 23.6 Å². The fourth-order valence-corrected chi connectivity index (χ4v) is 5.60. The zero-order valence-corrected chi connectivity index (χ0v) is 20.7. The van der Waals surface area contributed by atoms with Crippen LogP contribution in [0.4, 0.5) is 0 Å². The third kappa shape index (κ3) is 5.02. The molecule has 3 rings (SSSR count). The molecule has 0 spiro atoms. The molecule has 182 valence electrons. The minimum absolute atomic E-state index is 0.0277. The quantitative estimate of drug-likeness (QED) is 0.517. The molecule has 4 amide bonds. The van der Waals surface area contributed by atoms with Crippen LogP contribution in [0.2, 0.25) is 0 Å². The molecule has 3 fully saturated rings. The van der Waals surface area contributed by atoms with Gasteiger partial charge in [-0.2, -0.15) is 0 Å². The lowest BCUT2D eigenvalue weighted by Crippen LogP contribution is -2.59. The van der Waals surface area contributed by atoms with Crippen molar-refractivity contribution in [1.29, 1.82) is 0 Å². The fourth-order valence-electron chi connectivity index (χ4n) is 5.60. The van der Waals surface area contributed by atoms with E-state index in [1.165, 1.54) is 6.92 Å². The van der Waals surface area contributed by atoms with Crippen molar-refractivity contribution in [2.45, 2.75) is 78.9 Å². The number of rotatable bonds is 6. The highest BCUT2D eigenvalue weighted by atomic mass is 16.2. The second-order valence-corrected chi connectivity index (χ2v) is 11.5. The summed E-state index contributed by atoms with van der Waals surface area (Å²) in [7, 11) is 0. The maximum atomic E-state index is 13.6. The summed E-state index contributed by atoms with van der Waals surface area (Å²) < 4.78 is 0. The van der Waals surface area contributed by atoms with Crippen LogP contribution in [-0.2, 0) is 19.2 Å². The average Bonchev–Trinajstić information content (AvgIpc) is 3.06. The normalized spacial score (nSPS) is 29.7. The number of nitrogens with one attached hydrogen (secondary N) is 3. The van der Waals surface area contributed by atoms with Gasteiger partial charge in [0.15, 0.2) is 0 Å². The van der Waals surface area contributed by atoms with E-state index in [0.29, 0.717) is 19.5 Å². The van der Waals surface area contributed by atoms with Crippen LogP contribution in [0, 0.1) is 40.9 Å². The Morgan fingerprint density at radius 2 is 1.94 bits per heavy atom. The van der Waals surface area contributed by atoms with E-state index in [1.54, 1.807) is 4.90 Å². The standard InChI is InChI=1S/C25H38N4O4/c1-8-16(12-15-10-9-11-26-21(15)31)28-22(32)19-18-17(25(18,6)7)13-29(19)23(33)20(24(3,4)5)27-14(2)30/h1,15-20H,9-13H2,2-7H3,(H,26,31)(H,27,30)(H,28,32). The van der Waals surface area contributed by atoms with E-state index in [-0.39, 0.29) is 46.8 Å². The lowest BCUT2D eigenvalue weighted by Gasteiger charge is -2.37. The molecule has 0 aromatic carbocycles. The molecular formula is C25H38N4O4. The molecule has 0 bridgehead atoms. The number of amides is 4. The van der Waals surface area contributed by atoms with Gasteiger partial charge >= 0.3 is 0 Å². The average molecular weight is 459 g/mol. The van der Waals surface area contributed by atoms with E-state index in [0.717, 1.165) is 12.8 Å². The molecule has 2 aliphatic heterocycles. The number of nitrogens with zero attached hydrogens (tertiary/aromatic N) is 1. The Labute approximate surface area is 197 Å². The molecule has 6 unspecified atom stereocenters. The van der Waals surface area contributed by atoms with Gasteiger partial charge in [-0.1, -0.05) is 40.5 Å². The van der Waals surface area contributed by atoms with Gasteiger partial charge in [0.05, 0.1) is 6.04 Å². The van der Waals surface area contributed by atoms with Crippen molar-refractivity contribution in [3.63, 3.8) is 0 Å². The Morgan fingerprint density at radius 3 is 2.48 bits per heavy atom. The molecule has 33 heavy (non-hydrogen) atoms. The van der Waals surface area contributed by atoms with Crippen molar-refractivity contribution < 1.29 is 19.2 Å². The molecule has 1 aliphatic carbocycles. The zero-order valence-electron chi connectivity index (χ0n) is 20.7. The highest BCUT2D eigenvalue weighted by Crippen LogP contribution is 2.65. The smallest absolute Gasteiger partial charge is 0.246 e. The van der Waals surface area contributed by atoms with E-state index in [9.17, 15) is 19.2 Å². The summed E-state index contributed by atoms with van der Waals surface area (Å²) in [5.74, 6) is 1.82. The van der Waals surface area contributed by atoms with Crippen molar-refractivity contribution in [3.8, 4) is 12.3 Å². The topological polar surface area (TPSA) is 108 Å². The number of piperidine rings is 2. The SMILES string of the molecule is C#CC(CC1CCCNC1=O)NC(=O)C1C2C(CN1C(=O)C(NC(C)=O)C(C)(C)C)C2(C)C. The second kappa shape index (κ2) is 9.00. The summed E-state index contributed by atoms with van der Waals surface area (Å²) in [6.07, 6.45) is 7.72. The summed E-state index contributed by atoms with van der Waals surface area (Å²) in [5.41, 5.74) is -0.555. The van der Waals surface area contributed by atoms with Crippen molar-refractivity contribution in [3.05, 3.63) is 0 Å². The number of hydrogen-bond donors (Lipinski definition) is 3. The lowest BCUT2D eigenvalue weighted by atomic mass is 9.85. The van der Waals surface area contributed by atoms with Crippen LogP contribution in [0.3, 0.4) is 0 Å². The Balaban J connectivity index is 1.78. The number of likely N-dealkylation sites (tertiary alicyclic amines) is 1. The van der Waals surface area contributed by atoms with Gasteiger partial charge in [-0.15, -0.1) is 6.42 Å². The first-order valence-electron chi connectivity index (χ1n) is 11.9. The number of carbonyl (C=O) groups is 4. The molecule has 0 aromatic heterocycles. The van der Waals surface area contributed by atoms with E-state index < -0.39 is 23.5 Å². The van der Waals surface area contributed by atoms with Gasteiger partial charge < -0.3 is 20.9 Å². The number of carbonyl (C=O) groups excluding carboxylic acids is 4. The first-order valence-corrected chi connectivity index (χ1v) is 11.9. The maximum Gasteiger partial charge on any atom is 0.246 e. The number of hydrogen-bond acceptors (Lipinski definition) is 4. The van der Waals surface area contributed by atoms with Crippen LogP contribution >= 0.6 is 0 Å². The fraction of sp³-hybridized carbons (Fsp3) is 0.760. The molecular weight excluding hydrogens is 420 g/mol. The molecule has 8 heteroatoms. The van der Waals surface area contributed by atoms with E-state index >= 15 is 0 Å². The molecule has 0 aromatic rings. The summed E-state index contributed by atoms with van der Waals surface area (Å²) >= 11 is 0. The Hall–Kier alpha value is -2.56. The predicted molar refractivity (Wildman–Crippen MR) is 124 cm³/mol. The van der Waals surface area contributed by atoms with Gasteiger partial charge in [-0.25, -0.2) is 0 Å². The predicted octanol–water partition coefficient (Wildman–Crippen LogP) is 1.05. The minimum atomic E-state index is -0.736. The molecule has 3 aliphatic rings.